The van der Waals surface area contributed by atoms with Crippen LogP contribution in [-0.2, 0) is 5.54 Å². The molecular formula is C12H13N3O. The molecule has 0 atom stereocenters. The quantitative estimate of drug-likeness (QED) is 0.730. The Bertz CT molecular complexity index is 635. The van der Waals surface area contributed by atoms with Gasteiger partial charge in [0.15, 0.2) is 0 Å². The number of nitrogens with zero attached hydrogens (tertiary/aromatic N) is 2. The average Bonchev–Trinajstić information content (AvgIpc) is 2.51. The van der Waals surface area contributed by atoms with Crippen LogP contribution in [0.1, 0.15) is 26.3 Å². The van der Waals surface area contributed by atoms with Gasteiger partial charge in [-0.2, -0.15) is 5.26 Å². The Labute approximate surface area is 93.1 Å². The lowest BCUT2D eigenvalue weighted by atomic mass is 10.1. The van der Waals surface area contributed by atoms with Crippen LogP contribution in [0.15, 0.2) is 23.0 Å². The zero-order valence-corrected chi connectivity index (χ0v) is 9.53. The Balaban J connectivity index is 2.84. The highest BCUT2D eigenvalue weighted by Crippen LogP contribution is 2.19. The topological polar surface area (TPSA) is 61.6 Å². The Hall–Kier alpha value is -2.02. The van der Waals surface area contributed by atoms with Crippen molar-refractivity contribution < 1.29 is 0 Å². The molecule has 4 nitrogen and oxygen atoms in total. The monoisotopic (exact) mass is 215 g/mol. The van der Waals surface area contributed by atoms with E-state index in [2.05, 4.69) is 11.1 Å². The van der Waals surface area contributed by atoms with Gasteiger partial charge in [-0.3, -0.25) is 4.57 Å². The first-order valence-corrected chi connectivity index (χ1v) is 5.09. The number of aromatic nitrogens is 2. The number of rotatable bonds is 0. The third-order valence-electron chi connectivity index (χ3n) is 2.48. The molecular weight excluding hydrogens is 202 g/mol. The van der Waals surface area contributed by atoms with E-state index in [0.29, 0.717) is 11.1 Å². The fourth-order valence-corrected chi connectivity index (χ4v) is 1.85. The summed E-state index contributed by atoms with van der Waals surface area (Å²) < 4.78 is 1.70. The van der Waals surface area contributed by atoms with E-state index in [4.69, 9.17) is 5.26 Å². The van der Waals surface area contributed by atoms with Crippen LogP contribution < -0.4 is 5.69 Å². The number of aromatic amines is 1. The summed E-state index contributed by atoms with van der Waals surface area (Å²) in [4.78, 5) is 14.6. The molecule has 0 fully saturated rings. The SMILES string of the molecule is CC(C)(C)n1c(=O)[nH]c2cc(C#N)ccc21. The average molecular weight is 215 g/mol. The van der Waals surface area contributed by atoms with Crippen molar-refractivity contribution in [1.82, 2.24) is 9.55 Å². The molecule has 82 valence electrons. The van der Waals surface area contributed by atoms with Gasteiger partial charge in [0.05, 0.1) is 22.7 Å². The fourth-order valence-electron chi connectivity index (χ4n) is 1.85. The molecule has 16 heavy (non-hydrogen) atoms. The molecule has 2 aromatic rings. The molecule has 2 rings (SSSR count). The van der Waals surface area contributed by atoms with E-state index in [1.807, 2.05) is 20.8 Å². The lowest BCUT2D eigenvalue weighted by Crippen LogP contribution is -2.31. The third kappa shape index (κ3) is 1.50. The highest BCUT2D eigenvalue weighted by molar-refractivity contribution is 5.77. The molecule has 0 aliphatic rings. The van der Waals surface area contributed by atoms with Gasteiger partial charge in [-0.25, -0.2) is 4.79 Å². The third-order valence-corrected chi connectivity index (χ3v) is 2.48. The smallest absolute Gasteiger partial charge is 0.305 e. The molecule has 4 heteroatoms. The molecule has 0 bridgehead atoms. The van der Waals surface area contributed by atoms with E-state index in [-0.39, 0.29) is 11.2 Å². The van der Waals surface area contributed by atoms with Crippen LogP contribution in [0.3, 0.4) is 0 Å². The maximum Gasteiger partial charge on any atom is 0.326 e. The number of nitrogens with one attached hydrogen (secondary N) is 1. The van der Waals surface area contributed by atoms with E-state index in [0.717, 1.165) is 5.52 Å². The van der Waals surface area contributed by atoms with Gasteiger partial charge in [0, 0.05) is 5.54 Å². The second-order valence-electron chi connectivity index (χ2n) is 4.78. The lowest BCUT2D eigenvalue weighted by Gasteiger charge is -2.20. The summed E-state index contributed by atoms with van der Waals surface area (Å²) in [5.74, 6) is 0. The largest absolute Gasteiger partial charge is 0.326 e. The van der Waals surface area contributed by atoms with Crippen LogP contribution in [0.25, 0.3) is 11.0 Å². The van der Waals surface area contributed by atoms with Crippen LogP contribution in [0.5, 0.6) is 0 Å². The van der Waals surface area contributed by atoms with Crippen LogP contribution >= 0.6 is 0 Å². The molecule has 1 N–H and O–H groups in total. The minimum Gasteiger partial charge on any atom is -0.305 e. The minimum absolute atomic E-state index is 0.141. The summed E-state index contributed by atoms with van der Waals surface area (Å²) in [6.07, 6.45) is 0. The van der Waals surface area contributed by atoms with Crippen molar-refractivity contribution in [3.8, 4) is 6.07 Å². The normalized spacial score (nSPS) is 11.6. The first kappa shape index (κ1) is 10.5. The summed E-state index contributed by atoms with van der Waals surface area (Å²) in [5, 5.41) is 8.78. The molecule has 0 saturated heterocycles. The predicted molar refractivity (Wildman–Crippen MR) is 62.3 cm³/mol. The predicted octanol–water partition coefficient (Wildman–Crippen LogP) is 1.96. The van der Waals surface area contributed by atoms with Crippen molar-refractivity contribution in [2.45, 2.75) is 26.3 Å². The Morgan fingerprint density at radius 3 is 2.62 bits per heavy atom. The maximum atomic E-state index is 11.8. The number of fused-ring (bicyclic) bond motifs is 1. The zero-order valence-electron chi connectivity index (χ0n) is 9.53. The standard InChI is InChI=1S/C12H13N3O/c1-12(2,3)15-10-5-4-8(7-13)6-9(10)14-11(15)16/h4-6H,1-3H3,(H,14,16). The van der Waals surface area contributed by atoms with Crippen molar-refractivity contribution >= 4 is 11.0 Å². The van der Waals surface area contributed by atoms with E-state index in [9.17, 15) is 4.79 Å². The number of hydrogen-bond acceptors (Lipinski definition) is 2. The van der Waals surface area contributed by atoms with Gasteiger partial charge in [0.25, 0.3) is 0 Å². The second-order valence-corrected chi connectivity index (χ2v) is 4.78. The number of hydrogen-bond donors (Lipinski definition) is 1. The molecule has 0 saturated carbocycles. The highest BCUT2D eigenvalue weighted by atomic mass is 16.1. The van der Waals surface area contributed by atoms with Gasteiger partial charge in [-0.1, -0.05) is 0 Å². The molecule has 1 aromatic heterocycles. The molecule has 0 amide bonds. The number of benzene rings is 1. The molecule has 0 aliphatic heterocycles. The maximum absolute atomic E-state index is 11.8. The second kappa shape index (κ2) is 3.24. The van der Waals surface area contributed by atoms with Gasteiger partial charge in [0.1, 0.15) is 0 Å². The van der Waals surface area contributed by atoms with Crippen LogP contribution in [0.2, 0.25) is 0 Å². The minimum atomic E-state index is -0.274. The van der Waals surface area contributed by atoms with Crippen molar-refractivity contribution in [2.75, 3.05) is 0 Å². The van der Waals surface area contributed by atoms with Crippen molar-refractivity contribution in [2.24, 2.45) is 0 Å². The van der Waals surface area contributed by atoms with Gasteiger partial charge in [0.2, 0.25) is 0 Å². The van der Waals surface area contributed by atoms with E-state index < -0.39 is 0 Å². The zero-order chi connectivity index (χ0) is 11.9. The molecule has 1 aromatic carbocycles. The highest BCUT2D eigenvalue weighted by Gasteiger charge is 2.19. The van der Waals surface area contributed by atoms with Gasteiger partial charge >= 0.3 is 5.69 Å². The molecule has 0 aliphatic carbocycles. The van der Waals surface area contributed by atoms with Crippen LogP contribution in [-0.4, -0.2) is 9.55 Å². The van der Waals surface area contributed by atoms with Crippen LogP contribution in [0.4, 0.5) is 0 Å². The Morgan fingerprint density at radius 2 is 2.06 bits per heavy atom. The van der Waals surface area contributed by atoms with Gasteiger partial charge in [-0.15, -0.1) is 0 Å². The molecule has 0 radical (unpaired) electrons. The van der Waals surface area contributed by atoms with E-state index in [1.165, 1.54) is 0 Å². The molecule has 0 spiro atoms. The van der Waals surface area contributed by atoms with Gasteiger partial charge in [-0.05, 0) is 39.0 Å². The lowest BCUT2D eigenvalue weighted by molar-refractivity contribution is 0.397. The summed E-state index contributed by atoms with van der Waals surface area (Å²) in [6.45, 7) is 5.92. The van der Waals surface area contributed by atoms with Crippen LogP contribution in [0, 0.1) is 11.3 Å². The first-order valence-electron chi connectivity index (χ1n) is 5.09. The fraction of sp³-hybridized carbons (Fsp3) is 0.333. The van der Waals surface area contributed by atoms with E-state index >= 15 is 0 Å². The Morgan fingerprint density at radius 1 is 1.38 bits per heavy atom. The molecule has 0 unspecified atom stereocenters. The number of imidazole rings is 1. The van der Waals surface area contributed by atoms with E-state index in [1.54, 1.807) is 22.8 Å². The van der Waals surface area contributed by atoms with Crippen molar-refractivity contribution in [3.05, 3.63) is 34.2 Å². The summed E-state index contributed by atoms with van der Waals surface area (Å²) in [7, 11) is 0. The first-order chi connectivity index (χ1) is 7.43. The number of H-pyrrole nitrogens is 1. The number of nitriles is 1. The van der Waals surface area contributed by atoms with Crippen molar-refractivity contribution in [1.29, 1.82) is 5.26 Å². The molecule has 1 heterocycles. The van der Waals surface area contributed by atoms with Crippen molar-refractivity contribution in [3.63, 3.8) is 0 Å². The summed E-state index contributed by atoms with van der Waals surface area (Å²) >= 11 is 0. The Kier molecular flexibility index (Phi) is 2.13. The summed E-state index contributed by atoms with van der Waals surface area (Å²) in [5.41, 5.74) is 1.67. The summed E-state index contributed by atoms with van der Waals surface area (Å²) in [6, 6.07) is 7.27. The van der Waals surface area contributed by atoms with Gasteiger partial charge < -0.3 is 4.98 Å².